The zero-order valence-electron chi connectivity index (χ0n) is 17.4. The standard InChI is InChI=1S/C24H25N5O2/c30-22(21-17-29(26-25-21)20-9-5-2-6-10-20)28-16-13-24(18-28)12-15-27(23(24)31)14-11-19-7-3-1-4-8-19/h1-10,17H,11-16,18H2. The molecule has 2 aliphatic heterocycles. The van der Waals surface area contributed by atoms with Crippen LogP contribution in [0, 0.1) is 5.41 Å². The van der Waals surface area contributed by atoms with Crippen LogP contribution in [0.3, 0.4) is 0 Å². The van der Waals surface area contributed by atoms with Crippen LogP contribution in [0.25, 0.3) is 5.69 Å². The fraction of sp³-hybridized carbons (Fsp3) is 0.333. The van der Waals surface area contributed by atoms with E-state index in [0.717, 1.165) is 31.6 Å². The molecule has 2 aliphatic rings. The number of hydrogen-bond acceptors (Lipinski definition) is 4. The number of carbonyl (C=O) groups excluding carboxylic acids is 2. The normalized spacial score (nSPS) is 20.7. The molecule has 2 amide bonds. The molecule has 2 aromatic carbocycles. The van der Waals surface area contributed by atoms with Gasteiger partial charge in [0.15, 0.2) is 5.69 Å². The SMILES string of the molecule is O=C(c1cn(-c2ccccc2)nn1)N1CCC2(CCN(CCc3ccccc3)C2=O)C1. The first kappa shape index (κ1) is 19.5. The van der Waals surface area contributed by atoms with Gasteiger partial charge in [0.05, 0.1) is 17.3 Å². The third kappa shape index (κ3) is 3.71. The Morgan fingerprint density at radius 1 is 0.968 bits per heavy atom. The lowest BCUT2D eigenvalue weighted by Crippen LogP contribution is -2.39. The number of aromatic nitrogens is 3. The highest BCUT2D eigenvalue weighted by Gasteiger charge is 2.51. The minimum Gasteiger partial charge on any atom is -0.342 e. The van der Waals surface area contributed by atoms with Crippen LogP contribution in [0.4, 0.5) is 0 Å². The number of likely N-dealkylation sites (tertiary alicyclic amines) is 2. The van der Waals surface area contributed by atoms with Crippen LogP contribution < -0.4 is 0 Å². The summed E-state index contributed by atoms with van der Waals surface area (Å²) in [5, 5.41) is 8.17. The van der Waals surface area contributed by atoms with Gasteiger partial charge < -0.3 is 9.80 Å². The monoisotopic (exact) mass is 415 g/mol. The maximum atomic E-state index is 13.2. The minimum absolute atomic E-state index is 0.158. The van der Waals surface area contributed by atoms with E-state index in [-0.39, 0.29) is 11.8 Å². The van der Waals surface area contributed by atoms with E-state index in [0.29, 0.717) is 25.2 Å². The Balaban J connectivity index is 1.23. The lowest BCUT2D eigenvalue weighted by atomic mass is 9.85. The van der Waals surface area contributed by atoms with Crippen molar-refractivity contribution in [1.29, 1.82) is 0 Å². The quantitative estimate of drug-likeness (QED) is 0.642. The molecule has 0 bridgehead atoms. The second kappa shape index (κ2) is 7.98. The summed E-state index contributed by atoms with van der Waals surface area (Å²) in [6.07, 6.45) is 4.03. The molecule has 0 radical (unpaired) electrons. The van der Waals surface area contributed by atoms with Crippen molar-refractivity contribution in [2.45, 2.75) is 19.3 Å². The van der Waals surface area contributed by atoms with E-state index in [1.807, 2.05) is 53.4 Å². The smallest absolute Gasteiger partial charge is 0.276 e. The Morgan fingerprint density at radius 3 is 2.45 bits per heavy atom. The average molecular weight is 415 g/mol. The first-order valence-electron chi connectivity index (χ1n) is 10.8. The molecule has 2 saturated heterocycles. The molecule has 0 N–H and O–H groups in total. The lowest BCUT2D eigenvalue weighted by Gasteiger charge is -2.23. The van der Waals surface area contributed by atoms with Gasteiger partial charge in [-0.3, -0.25) is 9.59 Å². The number of amides is 2. The van der Waals surface area contributed by atoms with Gasteiger partial charge in [0, 0.05) is 26.2 Å². The van der Waals surface area contributed by atoms with Crippen LogP contribution in [0.1, 0.15) is 28.9 Å². The molecule has 1 atom stereocenters. The molecule has 5 rings (SSSR count). The molecule has 31 heavy (non-hydrogen) atoms. The average Bonchev–Trinajstić information content (AvgIpc) is 3.55. The van der Waals surface area contributed by atoms with Gasteiger partial charge in [-0.2, -0.15) is 0 Å². The molecule has 7 heteroatoms. The van der Waals surface area contributed by atoms with Gasteiger partial charge in [0.2, 0.25) is 5.91 Å². The van der Waals surface area contributed by atoms with E-state index in [2.05, 4.69) is 22.4 Å². The summed E-state index contributed by atoms with van der Waals surface area (Å²) < 4.78 is 1.60. The Kier molecular flexibility index (Phi) is 5.02. The predicted molar refractivity (Wildman–Crippen MR) is 116 cm³/mol. The van der Waals surface area contributed by atoms with Gasteiger partial charge in [-0.05, 0) is 37.0 Å². The minimum atomic E-state index is -0.443. The van der Waals surface area contributed by atoms with E-state index in [4.69, 9.17) is 0 Å². The van der Waals surface area contributed by atoms with Crippen LogP contribution in [-0.2, 0) is 11.2 Å². The second-order valence-electron chi connectivity index (χ2n) is 8.42. The maximum Gasteiger partial charge on any atom is 0.276 e. The summed E-state index contributed by atoms with van der Waals surface area (Å²) in [5.74, 6) is 0.0289. The highest BCUT2D eigenvalue weighted by molar-refractivity contribution is 5.94. The lowest BCUT2D eigenvalue weighted by molar-refractivity contribution is -0.135. The van der Waals surface area contributed by atoms with Gasteiger partial charge in [-0.1, -0.05) is 53.7 Å². The Bertz CT molecular complexity index is 1080. The molecule has 0 saturated carbocycles. The van der Waals surface area contributed by atoms with E-state index < -0.39 is 5.41 Å². The molecule has 1 aromatic heterocycles. The highest BCUT2D eigenvalue weighted by Crippen LogP contribution is 2.41. The zero-order valence-corrected chi connectivity index (χ0v) is 17.4. The Labute approximate surface area is 181 Å². The van der Waals surface area contributed by atoms with Crippen molar-refractivity contribution >= 4 is 11.8 Å². The van der Waals surface area contributed by atoms with Crippen molar-refractivity contribution in [2.75, 3.05) is 26.2 Å². The molecular weight excluding hydrogens is 390 g/mol. The molecule has 7 nitrogen and oxygen atoms in total. The summed E-state index contributed by atoms with van der Waals surface area (Å²) in [6, 6.07) is 19.8. The fourth-order valence-corrected chi connectivity index (χ4v) is 4.67. The second-order valence-corrected chi connectivity index (χ2v) is 8.42. The van der Waals surface area contributed by atoms with Gasteiger partial charge in [-0.15, -0.1) is 5.10 Å². The molecule has 1 unspecified atom stereocenters. The summed E-state index contributed by atoms with van der Waals surface area (Å²) >= 11 is 0. The van der Waals surface area contributed by atoms with Crippen molar-refractivity contribution in [3.05, 3.63) is 78.1 Å². The number of benzene rings is 2. The van der Waals surface area contributed by atoms with E-state index in [9.17, 15) is 9.59 Å². The molecule has 3 heterocycles. The summed E-state index contributed by atoms with van der Waals surface area (Å²) in [5.41, 5.74) is 1.96. The van der Waals surface area contributed by atoms with Crippen LogP contribution in [0.15, 0.2) is 66.9 Å². The summed E-state index contributed by atoms with van der Waals surface area (Å²) in [4.78, 5) is 29.9. The van der Waals surface area contributed by atoms with Gasteiger partial charge in [-0.25, -0.2) is 4.68 Å². The number of hydrogen-bond donors (Lipinski definition) is 0. The largest absolute Gasteiger partial charge is 0.342 e. The van der Waals surface area contributed by atoms with Gasteiger partial charge >= 0.3 is 0 Å². The molecule has 0 aliphatic carbocycles. The van der Waals surface area contributed by atoms with Crippen molar-refractivity contribution < 1.29 is 9.59 Å². The third-order valence-corrected chi connectivity index (χ3v) is 6.49. The summed E-state index contributed by atoms with van der Waals surface area (Å²) in [7, 11) is 0. The number of rotatable bonds is 5. The van der Waals surface area contributed by atoms with Gasteiger partial charge in [0.1, 0.15) is 0 Å². The van der Waals surface area contributed by atoms with E-state index >= 15 is 0 Å². The molecule has 3 aromatic rings. The maximum absolute atomic E-state index is 13.2. The third-order valence-electron chi connectivity index (χ3n) is 6.49. The number of carbonyl (C=O) groups is 2. The van der Waals surface area contributed by atoms with Crippen molar-refractivity contribution in [1.82, 2.24) is 24.8 Å². The Morgan fingerprint density at radius 2 is 1.68 bits per heavy atom. The van der Waals surface area contributed by atoms with Crippen molar-refractivity contribution in [3.8, 4) is 5.69 Å². The number of nitrogens with zero attached hydrogens (tertiary/aromatic N) is 5. The van der Waals surface area contributed by atoms with Gasteiger partial charge in [0.25, 0.3) is 5.91 Å². The highest BCUT2D eigenvalue weighted by atomic mass is 16.2. The summed E-state index contributed by atoms with van der Waals surface area (Å²) in [6.45, 7) is 2.53. The van der Waals surface area contributed by atoms with Crippen LogP contribution in [0.5, 0.6) is 0 Å². The van der Waals surface area contributed by atoms with Crippen molar-refractivity contribution in [2.24, 2.45) is 5.41 Å². The first-order valence-corrected chi connectivity index (χ1v) is 10.8. The molecular formula is C24H25N5O2. The number of para-hydroxylation sites is 1. The van der Waals surface area contributed by atoms with Crippen LogP contribution in [-0.4, -0.2) is 62.8 Å². The molecule has 1 spiro atoms. The molecule has 2 fully saturated rings. The fourth-order valence-electron chi connectivity index (χ4n) is 4.67. The van der Waals surface area contributed by atoms with E-state index in [1.165, 1.54) is 5.56 Å². The topological polar surface area (TPSA) is 71.3 Å². The predicted octanol–water partition coefficient (Wildman–Crippen LogP) is 2.57. The zero-order chi connectivity index (χ0) is 21.3. The first-order chi connectivity index (χ1) is 15.1. The van der Waals surface area contributed by atoms with Crippen LogP contribution in [0.2, 0.25) is 0 Å². The van der Waals surface area contributed by atoms with Crippen LogP contribution >= 0.6 is 0 Å². The van der Waals surface area contributed by atoms with Crippen molar-refractivity contribution in [3.63, 3.8) is 0 Å². The molecule has 158 valence electrons. The van der Waals surface area contributed by atoms with E-state index in [1.54, 1.807) is 15.8 Å². The Hall–Kier alpha value is -3.48.